The molecule has 5 unspecified atom stereocenters. The monoisotopic (exact) mass is 564 g/mol. The van der Waals surface area contributed by atoms with Gasteiger partial charge in [-0.15, -0.1) is 0 Å². The average molecular weight is 566 g/mol. The zero-order valence-electron chi connectivity index (χ0n) is 17.2. The third kappa shape index (κ3) is 3.49. The van der Waals surface area contributed by atoms with E-state index in [0.717, 1.165) is 38.5 Å². The first-order valence-corrected chi connectivity index (χ1v) is 13.2. The summed E-state index contributed by atoms with van der Waals surface area (Å²) in [4.78, 5) is 12.9. The molecule has 1 spiro atoms. The van der Waals surface area contributed by atoms with Crippen LogP contribution in [0.3, 0.4) is 0 Å². The van der Waals surface area contributed by atoms with Crippen molar-refractivity contribution in [1.29, 1.82) is 0 Å². The smallest absolute Gasteiger partial charge is 0.145 e. The second-order valence-corrected chi connectivity index (χ2v) is 11.7. The number of fused-ring (bicyclic) bond motifs is 2. The lowest BCUT2D eigenvalue weighted by atomic mass is 9.80. The van der Waals surface area contributed by atoms with Crippen LogP contribution in [-0.2, 0) is 0 Å². The van der Waals surface area contributed by atoms with Gasteiger partial charge < -0.3 is 14.8 Å². The number of aromatic nitrogens is 4. The summed E-state index contributed by atoms with van der Waals surface area (Å²) >= 11 is 17.7. The predicted molar refractivity (Wildman–Crippen MR) is 135 cm³/mol. The quantitative estimate of drug-likeness (QED) is 0.244. The summed E-state index contributed by atoms with van der Waals surface area (Å²) in [7, 11) is 0. The Morgan fingerprint density at radius 1 is 1.09 bits per heavy atom. The fourth-order valence-electron chi connectivity index (χ4n) is 5.35. The largest absolute Gasteiger partial charge is 0.390 e. The maximum atomic E-state index is 11.2. The number of thioether (sulfide) groups is 1. The van der Waals surface area contributed by atoms with Crippen molar-refractivity contribution in [3.05, 3.63) is 63.2 Å². The van der Waals surface area contributed by atoms with Crippen LogP contribution in [0.1, 0.15) is 29.7 Å². The molecule has 1 saturated carbocycles. The van der Waals surface area contributed by atoms with E-state index in [1.807, 2.05) is 34.7 Å². The first-order chi connectivity index (χ1) is 15.9. The third-order valence-corrected chi connectivity index (χ3v) is 10.1. The van der Waals surface area contributed by atoms with E-state index in [4.69, 9.17) is 23.2 Å². The zero-order valence-corrected chi connectivity index (χ0v) is 21.1. The Labute approximate surface area is 212 Å². The van der Waals surface area contributed by atoms with Gasteiger partial charge in [-0.25, -0.2) is 15.0 Å². The van der Waals surface area contributed by atoms with Gasteiger partial charge in [-0.1, -0.05) is 35.3 Å². The fourth-order valence-corrected chi connectivity index (χ4v) is 7.75. The number of rotatable bonds is 2. The molecule has 4 aromatic rings. The third-order valence-electron chi connectivity index (χ3n) is 7.07. The maximum Gasteiger partial charge on any atom is 0.145 e. The molecule has 1 aliphatic heterocycles. The van der Waals surface area contributed by atoms with Gasteiger partial charge in [0, 0.05) is 28.0 Å². The number of nitrogens with zero attached hydrogens (tertiary/aromatic N) is 4. The Hall–Kier alpha value is -1.42. The molecule has 0 amide bonds. The average Bonchev–Trinajstić information content (AvgIpc) is 3.48. The van der Waals surface area contributed by atoms with Crippen LogP contribution < -0.4 is 0 Å². The molecule has 2 N–H and O–H groups in total. The summed E-state index contributed by atoms with van der Waals surface area (Å²) in [5.74, 6) is 0.772. The van der Waals surface area contributed by atoms with Gasteiger partial charge in [-0.05, 0) is 52.5 Å². The topological polar surface area (TPSA) is 84.1 Å². The van der Waals surface area contributed by atoms with Crippen LogP contribution in [0.4, 0.5) is 0 Å². The van der Waals surface area contributed by atoms with E-state index in [2.05, 4.69) is 49.1 Å². The molecule has 3 aromatic heterocycles. The Kier molecular flexibility index (Phi) is 5.40. The van der Waals surface area contributed by atoms with E-state index >= 15 is 0 Å². The van der Waals surface area contributed by atoms with E-state index in [1.165, 1.54) is 6.33 Å². The minimum Gasteiger partial charge on any atom is -0.390 e. The molecule has 170 valence electrons. The standard InChI is InChI=1S/C23H19BrCl2N4O2S/c24-14-5-11-1-2-12(6-15(11)29-21(14)26)17-8-23(9-33-17)7-16(18(31)19(23)32)30-4-3-13-20(25)27-10-28-22(13)30/h1-6,10,16-19,31-32H,7-9H2. The summed E-state index contributed by atoms with van der Waals surface area (Å²) in [6, 6.07) is 9.81. The van der Waals surface area contributed by atoms with Crippen molar-refractivity contribution in [2.24, 2.45) is 5.41 Å². The molecule has 0 bridgehead atoms. The molecule has 1 aliphatic carbocycles. The maximum absolute atomic E-state index is 11.2. The van der Waals surface area contributed by atoms with Crippen molar-refractivity contribution in [3.63, 3.8) is 0 Å². The summed E-state index contributed by atoms with van der Waals surface area (Å²) in [5, 5.41) is 25.0. The molecule has 33 heavy (non-hydrogen) atoms. The van der Waals surface area contributed by atoms with Crippen LogP contribution in [0.25, 0.3) is 21.9 Å². The van der Waals surface area contributed by atoms with Crippen LogP contribution in [0.5, 0.6) is 0 Å². The molecular formula is C23H19BrCl2N4O2S. The summed E-state index contributed by atoms with van der Waals surface area (Å²) in [6.45, 7) is 0. The normalized spacial score (nSPS) is 29.6. The van der Waals surface area contributed by atoms with E-state index in [0.29, 0.717) is 22.4 Å². The molecule has 2 fully saturated rings. The summed E-state index contributed by atoms with van der Waals surface area (Å²) < 4.78 is 2.71. The predicted octanol–water partition coefficient (Wildman–Crippen LogP) is 5.58. The molecule has 4 heterocycles. The molecule has 5 atom stereocenters. The minimum absolute atomic E-state index is 0.206. The highest BCUT2D eigenvalue weighted by Crippen LogP contribution is 2.59. The number of aliphatic hydroxyl groups is 2. The Morgan fingerprint density at radius 3 is 2.79 bits per heavy atom. The van der Waals surface area contributed by atoms with Gasteiger partial charge in [0.05, 0.1) is 27.5 Å². The number of halogens is 3. The van der Waals surface area contributed by atoms with Gasteiger partial charge in [0.2, 0.25) is 0 Å². The number of benzene rings is 1. The Morgan fingerprint density at radius 2 is 1.94 bits per heavy atom. The molecule has 2 aliphatic rings. The van der Waals surface area contributed by atoms with Crippen molar-refractivity contribution in [2.45, 2.75) is 36.3 Å². The second kappa shape index (κ2) is 8.07. The van der Waals surface area contributed by atoms with Crippen molar-refractivity contribution >= 4 is 72.8 Å². The minimum atomic E-state index is -0.886. The Bertz CT molecular complexity index is 1400. The molecule has 0 radical (unpaired) electrons. The van der Waals surface area contributed by atoms with Crippen LogP contribution >= 0.6 is 50.9 Å². The molecule has 1 saturated heterocycles. The van der Waals surface area contributed by atoms with Gasteiger partial charge in [0.25, 0.3) is 0 Å². The van der Waals surface area contributed by atoms with Gasteiger partial charge in [0.15, 0.2) is 0 Å². The molecule has 6 nitrogen and oxygen atoms in total. The van der Waals surface area contributed by atoms with Crippen LogP contribution in [0.2, 0.25) is 10.3 Å². The number of aliphatic hydroxyl groups excluding tert-OH is 2. The van der Waals surface area contributed by atoms with Gasteiger partial charge >= 0.3 is 0 Å². The lowest BCUT2D eigenvalue weighted by Crippen LogP contribution is -2.36. The summed E-state index contributed by atoms with van der Waals surface area (Å²) in [5.41, 5.74) is 2.30. The highest BCUT2D eigenvalue weighted by atomic mass is 79.9. The van der Waals surface area contributed by atoms with E-state index < -0.39 is 12.2 Å². The van der Waals surface area contributed by atoms with Crippen molar-refractivity contribution in [3.8, 4) is 0 Å². The van der Waals surface area contributed by atoms with Crippen molar-refractivity contribution in [2.75, 3.05) is 5.75 Å². The van der Waals surface area contributed by atoms with Gasteiger partial charge in [-0.3, -0.25) is 0 Å². The number of pyridine rings is 1. The SMILES string of the molecule is OC1C(n2ccc3c(Cl)ncnc32)CC2(CSC(c3ccc4cc(Br)c(Cl)nc4c3)C2)C1O. The van der Waals surface area contributed by atoms with Crippen LogP contribution in [-0.4, -0.2) is 47.7 Å². The summed E-state index contributed by atoms with van der Waals surface area (Å²) in [6.07, 6.45) is 3.03. The second-order valence-electron chi connectivity index (χ2n) is 8.91. The molecule has 6 rings (SSSR count). The van der Waals surface area contributed by atoms with E-state index in [9.17, 15) is 10.2 Å². The first-order valence-electron chi connectivity index (χ1n) is 10.6. The highest BCUT2D eigenvalue weighted by molar-refractivity contribution is 9.10. The van der Waals surface area contributed by atoms with E-state index in [-0.39, 0.29) is 16.7 Å². The van der Waals surface area contributed by atoms with Gasteiger partial charge in [0.1, 0.15) is 28.4 Å². The number of hydrogen-bond donors (Lipinski definition) is 2. The highest BCUT2D eigenvalue weighted by Gasteiger charge is 2.56. The van der Waals surface area contributed by atoms with Gasteiger partial charge in [-0.2, -0.15) is 11.8 Å². The fraction of sp³-hybridized carbons (Fsp3) is 0.348. The first kappa shape index (κ1) is 22.1. The van der Waals surface area contributed by atoms with Crippen LogP contribution in [0, 0.1) is 5.41 Å². The van der Waals surface area contributed by atoms with Crippen LogP contribution in [0.15, 0.2) is 47.3 Å². The molecule has 1 aromatic carbocycles. The molecule has 10 heteroatoms. The lowest BCUT2D eigenvalue weighted by molar-refractivity contribution is -0.0204. The van der Waals surface area contributed by atoms with Crippen molar-refractivity contribution < 1.29 is 10.2 Å². The lowest BCUT2D eigenvalue weighted by Gasteiger charge is -2.27. The zero-order chi connectivity index (χ0) is 22.9. The van der Waals surface area contributed by atoms with E-state index in [1.54, 1.807) is 0 Å². The Balaban J connectivity index is 1.30. The van der Waals surface area contributed by atoms with Crippen molar-refractivity contribution in [1.82, 2.24) is 19.5 Å². The number of hydrogen-bond acceptors (Lipinski definition) is 6. The molecular weight excluding hydrogens is 547 g/mol.